The van der Waals surface area contributed by atoms with Gasteiger partial charge in [-0.1, -0.05) is 12.8 Å². The van der Waals surface area contributed by atoms with E-state index in [0.29, 0.717) is 12.5 Å². The molecule has 2 aliphatic rings. The Hall–Kier alpha value is -0.590. The van der Waals surface area contributed by atoms with E-state index < -0.39 is 0 Å². The average molecular weight is 235 g/mol. The van der Waals surface area contributed by atoms with Crippen LogP contribution in [-0.4, -0.2) is 47.6 Å². The maximum Gasteiger partial charge on any atom is 0.0638 e. The first-order valence-electron chi connectivity index (χ1n) is 6.88. The van der Waals surface area contributed by atoms with Gasteiger partial charge in [-0.25, -0.2) is 0 Å². The summed E-state index contributed by atoms with van der Waals surface area (Å²) in [5.41, 5.74) is 0.212. The molecule has 1 aliphatic heterocycles. The smallest absolute Gasteiger partial charge is 0.0638 e. The summed E-state index contributed by atoms with van der Waals surface area (Å²) in [6, 6.07) is 3.53. The molecule has 3 nitrogen and oxygen atoms in total. The van der Waals surface area contributed by atoms with E-state index in [0.717, 1.165) is 19.1 Å². The summed E-state index contributed by atoms with van der Waals surface area (Å²) in [6.07, 6.45) is 6.06. The van der Waals surface area contributed by atoms with Crippen LogP contribution in [0, 0.1) is 11.3 Å². The van der Waals surface area contributed by atoms with Gasteiger partial charge in [-0.15, -0.1) is 0 Å². The largest absolute Gasteiger partial charge is 0.303 e. The third-order valence-corrected chi connectivity index (χ3v) is 4.32. The SMILES string of the molecule is CN1CC(CC#N)N(C2CCCC2)C(C)(C)C1. The molecule has 1 unspecified atom stereocenters. The Morgan fingerprint density at radius 1 is 1.29 bits per heavy atom. The second kappa shape index (κ2) is 4.96. The van der Waals surface area contributed by atoms with E-state index in [1.165, 1.54) is 25.7 Å². The molecule has 2 rings (SSSR count). The summed E-state index contributed by atoms with van der Waals surface area (Å²) in [7, 11) is 2.18. The number of hydrogen-bond donors (Lipinski definition) is 0. The van der Waals surface area contributed by atoms with Crippen LogP contribution >= 0.6 is 0 Å². The number of hydrogen-bond acceptors (Lipinski definition) is 3. The second-order valence-corrected chi connectivity index (χ2v) is 6.37. The highest BCUT2D eigenvalue weighted by Gasteiger charge is 2.42. The molecule has 0 aromatic carbocycles. The first-order valence-corrected chi connectivity index (χ1v) is 6.88. The van der Waals surface area contributed by atoms with Crippen molar-refractivity contribution < 1.29 is 0 Å². The zero-order chi connectivity index (χ0) is 12.5. The molecule has 0 aromatic heterocycles. The van der Waals surface area contributed by atoms with E-state index >= 15 is 0 Å². The Morgan fingerprint density at radius 2 is 1.94 bits per heavy atom. The van der Waals surface area contributed by atoms with Gasteiger partial charge in [-0.05, 0) is 33.7 Å². The predicted molar refractivity (Wildman–Crippen MR) is 69.7 cm³/mol. The summed E-state index contributed by atoms with van der Waals surface area (Å²) < 4.78 is 0. The summed E-state index contributed by atoms with van der Waals surface area (Å²) in [6.45, 7) is 6.84. The lowest BCUT2D eigenvalue weighted by Crippen LogP contribution is -2.65. The van der Waals surface area contributed by atoms with E-state index in [-0.39, 0.29) is 5.54 Å². The van der Waals surface area contributed by atoms with Crippen LogP contribution in [0.15, 0.2) is 0 Å². The molecule has 0 radical (unpaired) electrons. The predicted octanol–water partition coefficient (Wildman–Crippen LogP) is 2.24. The highest BCUT2D eigenvalue weighted by atomic mass is 15.3. The molecule has 0 spiro atoms. The minimum Gasteiger partial charge on any atom is -0.303 e. The lowest BCUT2D eigenvalue weighted by molar-refractivity contribution is -0.0433. The van der Waals surface area contributed by atoms with Crippen molar-refractivity contribution in [2.45, 2.75) is 63.6 Å². The minimum absolute atomic E-state index is 0.212. The van der Waals surface area contributed by atoms with Crippen molar-refractivity contribution in [2.75, 3.05) is 20.1 Å². The minimum atomic E-state index is 0.212. The lowest BCUT2D eigenvalue weighted by atomic mass is 9.91. The van der Waals surface area contributed by atoms with E-state index in [2.05, 4.69) is 36.8 Å². The highest BCUT2D eigenvalue weighted by Crippen LogP contribution is 2.35. The van der Waals surface area contributed by atoms with Gasteiger partial charge in [0.05, 0.1) is 12.5 Å². The number of likely N-dealkylation sites (N-methyl/N-ethyl adjacent to an activating group) is 1. The molecule has 1 saturated carbocycles. The second-order valence-electron chi connectivity index (χ2n) is 6.37. The van der Waals surface area contributed by atoms with Crippen LogP contribution in [0.1, 0.15) is 46.0 Å². The number of rotatable bonds is 2. The highest BCUT2D eigenvalue weighted by molar-refractivity contribution is 5.01. The summed E-state index contributed by atoms with van der Waals surface area (Å²) in [5, 5.41) is 9.04. The first kappa shape index (κ1) is 12.9. The molecule has 1 saturated heterocycles. The molecular formula is C14H25N3. The van der Waals surface area contributed by atoms with Crippen LogP contribution in [0.3, 0.4) is 0 Å². The molecule has 96 valence electrons. The Labute approximate surface area is 105 Å². The van der Waals surface area contributed by atoms with Crippen molar-refractivity contribution in [3.05, 3.63) is 0 Å². The third-order valence-electron chi connectivity index (χ3n) is 4.32. The van der Waals surface area contributed by atoms with Gasteiger partial charge in [0.15, 0.2) is 0 Å². The Balaban J connectivity index is 2.18. The van der Waals surface area contributed by atoms with Gasteiger partial charge in [0.2, 0.25) is 0 Å². The molecule has 1 aliphatic carbocycles. The fraction of sp³-hybridized carbons (Fsp3) is 0.929. The Kier molecular flexibility index (Phi) is 3.75. The topological polar surface area (TPSA) is 30.3 Å². The molecule has 0 amide bonds. The standard InChI is InChI=1S/C14H25N3/c1-14(2)11-16(3)10-13(8-9-15)17(14)12-6-4-5-7-12/h12-13H,4-8,10-11H2,1-3H3. The monoisotopic (exact) mass is 235 g/mol. The van der Waals surface area contributed by atoms with Crippen molar-refractivity contribution in [3.8, 4) is 6.07 Å². The van der Waals surface area contributed by atoms with Crippen molar-refractivity contribution in [2.24, 2.45) is 0 Å². The number of piperazine rings is 1. The van der Waals surface area contributed by atoms with Gasteiger partial charge >= 0.3 is 0 Å². The number of nitrogens with zero attached hydrogens (tertiary/aromatic N) is 3. The number of nitriles is 1. The van der Waals surface area contributed by atoms with Gasteiger partial charge in [0.25, 0.3) is 0 Å². The fourth-order valence-electron chi connectivity index (χ4n) is 3.99. The summed E-state index contributed by atoms with van der Waals surface area (Å²) in [4.78, 5) is 5.05. The van der Waals surface area contributed by atoms with Crippen LogP contribution < -0.4 is 0 Å². The average Bonchev–Trinajstić information content (AvgIpc) is 2.68. The van der Waals surface area contributed by atoms with Gasteiger partial charge in [0.1, 0.15) is 0 Å². The van der Waals surface area contributed by atoms with Gasteiger partial charge < -0.3 is 4.90 Å². The van der Waals surface area contributed by atoms with Crippen LogP contribution in [0.4, 0.5) is 0 Å². The van der Waals surface area contributed by atoms with E-state index in [1.54, 1.807) is 0 Å². The molecule has 17 heavy (non-hydrogen) atoms. The summed E-state index contributed by atoms with van der Waals surface area (Å²) in [5.74, 6) is 0. The lowest BCUT2D eigenvalue weighted by Gasteiger charge is -2.53. The zero-order valence-corrected chi connectivity index (χ0v) is 11.4. The third kappa shape index (κ3) is 2.64. The maximum atomic E-state index is 9.04. The van der Waals surface area contributed by atoms with Crippen molar-refractivity contribution in [1.29, 1.82) is 5.26 Å². The van der Waals surface area contributed by atoms with Crippen LogP contribution in [-0.2, 0) is 0 Å². The van der Waals surface area contributed by atoms with Crippen molar-refractivity contribution in [3.63, 3.8) is 0 Å². The Morgan fingerprint density at radius 3 is 2.53 bits per heavy atom. The first-order chi connectivity index (χ1) is 8.04. The summed E-state index contributed by atoms with van der Waals surface area (Å²) >= 11 is 0. The van der Waals surface area contributed by atoms with E-state index in [1.807, 2.05) is 0 Å². The zero-order valence-electron chi connectivity index (χ0n) is 11.4. The van der Waals surface area contributed by atoms with Crippen molar-refractivity contribution in [1.82, 2.24) is 9.80 Å². The fourth-order valence-corrected chi connectivity index (χ4v) is 3.99. The normalized spacial score (nSPS) is 31.5. The Bertz CT molecular complexity index is 299. The molecule has 1 heterocycles. The van der Waals surface area contributed by atoms with Crippen molar-refractivity contribution >= 4 is 0 Å². The quantitative estimate of drug-likeness (QED) is 0.735. The molecule has 0 bridgehead atoms. The molecule has 1 atom stereocenters. The molecule has 0 aromatic rings. The van der Waals surface area contributed by atoms with Gasteiger partial charge in [-0.3, -0.25) is 4.90 Å². The maximum absolute atomic E-state index is 9.04. The van der Waals surface area contributed by atoms with E-state index in [4.69, 9.17) is 5.26 Å². The van der Waals surface area contributed by atoms with Crippen LogP contribution in [0.2, 0.25) is 0 Å². The van der Waals surface area contributed by atoms with Gasteiger partial charge in [0, 0.05) is 30.7 Å². The molecule has 3 heteroatoms. The van der Waals surface area contributed by atoms with Gasteiger partial charge in [-0.2, -0.15) is 5.26 Å². The van der Waals surface area contributed by atoms with E-state index in [9.17, 15) is 0 Å². The van der Waals surface area contributed by atoms with Crippen LogP contribution in [0.25, 0.3) is 0 Å². The molecular weight excluding hydrogens is 210 g/mol. The van der Waals surface area contributed by atoms with Crippen LogP contribution in [0.5, 0.6) is 0 Å². The molecule has 2 fully saturated rings. The molecule has 0 N–H and O–H groups in total.